The van der Waals surface area contributed by atoms with Crippen molar-refractivity contribution >= 4 is 6.08 Å². The fourth-order valence-corrected chi connectivity index (χ4v) is 1.66. The average molecular weight is 173 g/mol. The second kappa shape index (κ2) is 3.35. The Labute approximate surface area is 79.3 Å². The van der Waals surface area contributed by atoms with Crippen molar-refractivity contribution in [1.29, 1.82) is 0 Å². The van der Waals surface area contributed by atoms with Crippen molar-refractivity contribution in [2.24, 2.45) is 11.7 Å². The first-order chi connectivity index (χ1) is 6.27. The summed E-state index contributed by atoms with van der Waals surface area (Å²) < 4.78 is 0. The molecule has 1 saturated carbocycles. The number of rotatable bonds is 2. The summed E-state index contributed by atoms with van der Waals surface area (Å²) in [6, 6.07) is 10.8. The zero-order chi connectivity index (χ0) is 9.26. The average Bonchev–Trinajstić information content (AvgIpc) is 2.84. The molecule has 0 saturated heterocycles. The van der Waals surface area contributed by atoms with Crippen LogP contribution in [0, 0.1) is 5.92 Å². The van der Waals surface area contributed by atoms with Crippen LogP contribution in [0.15, 0.2) is 35.9 Å². The molecular formula is C12H15N. The van der Waals surface area contributed by atoms with Gasteiger partial charge in [-0.05, 0) is 24.8 Å². The van der Waals surface area contributed by atoms with Crippen molar-refractivity contribution in [3.05, 3.63) is 41.5 Å². The molecule has 0 amide bonds. The van der Waals surface area contributed by atoms with Crippen molar-refractivity contribution in [1.82, 2.24) is 0 Å². The third kappa shape index (κ3) is 1.99. The quantitative estimate of drug-likeness (QED) is 0.730. The van der Waals surface area contributed by atoms with Gasteiger partial charge in [-0.3, -0.25) is 0 Å². The van der Waals surface area contributed by atoms with Crippen molar-refractivity contribution in [2.75, 3.05) is 0 Å². The minimum absolute atomic E-state index is 0.417. The molecule has 2 N–H and O–H groups in total. The second-order valence-electron chi connectivity index (χ2n) is 3.81. The molecule has 0 bridgehead atoms. The van der Waals surface area contributed by atoms with Crippen LogP contribution in [0.5, 0.6) is 0 Å². The lowest BCUT2D eigenvalue weighted by atomic mass is 10.1. The fourth-order valence-electron chi connectivity index (χ4n) is 1.66. The van der Waals surface area contributed by atoms with Crippen LogP contribution in [0.2, 0.25) is 0 Å². The van der Waals surface area contributed by atoms with E-state index in [2.05, 4.69) is 37.3 Å². The van der Waals surface area contributed by atoms with Crippen molar-refractivity contribution in [3.8, 4) is 0 Å². The molecule has 0 aromatic heterocycles. The predicted octanol–water partition coefficient (Wildman–Crippen LogP) is 2.44. The molecule has 2 atom stereocenters. The van der Waals surface area contributed by atoms with Crippen molar-refractivity contribution in [2.45, 2.75) is 19.4 Å². The molecule has 0 radical (unpaired) electrons. The van der Waals surface area contributed by atoms with Crippen LogP contribution in [0.4, 0.5) is 0 Å². The molecule has 1 unspecified atom stereocenters. The molecule has 0 aliphatic heterocycles. The van der Waals surface area contributed by atoms with E-state index in [0.29, 0.717) is 12.0 Å². The molecule has 0 heterocycles. The van der Waals surface area contributed by atoms with Gasteiger partial charge in [0.05, 0.1) is 0 Å². The van der Waals surface area contributed by atoms with Gasteiger partial charge in [0.25, 0.3) is 0 Å². The second-order valence-corrected chi connectivity index (χ2v) is 3.81. The van der Waals surface area contributed by atoms with E-state index in [-0.39, 0.29) is 0 Å². The Bertz CT molecular complexity index is 313. The van der Waals surface area contributed by atoms with E-state index in [1.54, 1.807) is 0 Å². The van der Waals surface area contributed by atoms with Gasteiger partial charge in [-0.1, -0.05) is 42.0 Å². The summed E-state index contributed by atoms with van der Waals surface area (Å²) in [6.45, 7) is 2.17. The maximum Gasteiger partial charge on any atom is 0.0111 e. The Kier molecular flexibility index (Phi) is 2.19. The van der Waals surface area contributed by atoms with Crippen molar-refractivity contribution < 1.29 is 0 Å². The van der Waals surface area contributed by atoms with Crippen LogP contribution in [0.25, 0.3) is 6.08 Å². The molecule has 1 nitrogen and oxygen atoms in total. The summed E-state index contributed by atoms with van der Waals surface area (Å²) in [5, 5.41) is 0. The fraction of sp³-hybridized carbons (Fsp3) is 0.333. The molecule has 1 heteroatoms. The van der Waals surface area contributed by atoms with E-state index >= 15 is 0 Å². The molecule has 13 heavy (non-hydrogen) atoms. The Balaban J connectivity index is 2.12. The third-order valence-corrected chi connectivity index (χ3v) is 2.62. The molecule has 1 aliphatic carbocycles. The molecule has 1 fully saturated rings. The van der Waals surface area contributed by atoms with E-state index in [1.807, 2.05) is 6.07 Å². The topological polar surface area (TPSA) is 26.0 Å². The molecular weight excluding hydrogens is 158 g/mol. The van der Waals surface area contributed by atoms with E-state index in [4.69, 9.17) is 5.73 Å². The van der Waals surface area contributed by atoms with Gasteiger partial charge in [0.15, 0.2) is 0 Å². The van der Waals surface area contributed by atoms with Gasteiger partial charge in [0.2, 0.25) is 0 Å². The predicted molar refractivity (Wildman–Crippen MR) is 56.2 cm³/mol. The van der Waals surface area contributed by atoms with Crippen LogP contribution >= 0.6 is 0 Å². The van der Waals surface area contributed by atoms with Crippen LogP contribution < -0.4 is 5.73 Å². The van der Waals surface area contributed by atoms with Gasteiger partial charge in [-0.2, -0.15) is 0 Å². The zero-order valence-corrected chi connectivity index (χ0v) is 7.90. The Morgan fingerprint density at radius 3 is 2.54 bits per heavy atom. The highest BCUT2D eigenvalue weighted by molar-refractivity contribution is 5.53. The smallest absolute Gasteiger partial charge is 0.0111 e. The molecule has 68 valence electrons. The normalized spacial score (nSPS) is 27.4. The molecule has 1 aromatic carbocycles. The van der Waals surface area contributed by atoms with Crippen LogP contribution in [0.3, 0.4) is 0 Å². The lowest BCUT2D eigenvalue weighted by Gasteiger charge is -1.98. The minimum atomic E-state index is 0.417. The Hall–Kier alpha value is -1.08. The summed E-state index contributed by atoms with van der Waals surface area (Å²) in [7, 11) is 0. The first-order valence-electron chi connectivity index (χ1n) is 4.76. The Morgan fingerprint density at radius 2 is 2.00 bits per heavy atom. The number of hydrogen-bond donors (Lipinski definition) is 1. The summed E-state index contributed by atoms with van der Waals surface area (Å²) in [5.74, 6) is 0.639. The highest BCUT2D eigenvalue weighted by Crippen LogP contribution is 2.35. The maximum atomic E-state index is 5.78. The molecule has 1 aromatic rings. The molecule has 0 spiro atoms. The van der Waals surface area contributed by atoms with Gasteiger partial charge in [0.1, 0.15) is 0 Å². The minimum Gasteiger partial charge on any atom is -0.327 e. The third-order valence-electron chi connectivity index (χ3n) is 2.62. The van der Waals surface area contributed by atoms with Gasteiger partial charge < -0.3 is 5.73 Å². The first-order valence-corrected chi connectivity index (χ1v) is 4.76. The molecule has 2 rings (SSSR count). The van der Waals surface area contributed by atoms with E-state index in [9.17, 15) is 0 Å². The lowest BCUT2D eigenvalue weighted by molar-refractivity contribution is 0.924. The summed E-state index contributed by atoms with van der Waals surface area (Å²) in [5.41, 5.74) is 8.47. The van der Waals surface area contributed by atoms with E-state index < -0.39 is 0 Å². The Morgan fingerprint density at radius 1 is 1.38 bits per heavy atom. The highest BCUT2D eigenvalue weighted by atomic mass is 14.7. The van der Waals surface area contributed by atoms with Crippen LogP contribution in [-0.4, -0.2) is 6.04 Å². The SMILES string of the molecule is C/C(=C\c1ccccc1)[C@@H]1CC1N. The number of hydrogen-bond acceptors (Lipinski definition) is 1. The van der Waals surface area contributed by atoms with Crippen LogP contribution in [-0.2, 0) is 0 Å². The van der Waals surface area contributed by atoms with Gasteiger partial charge in [0, 0.05) is 6.04 Å². The number of benzene rings is 1. The van der Waals surface area contributed by atoms with Gasteiger partial charge in [-0.25, -0.2) is 0 Å². The van der Waals surface area contributed by atoms with Crippen LogP contribution in [0.1, 0.15) is 18.9 Å². The van der Waals surface area contributed by atoms with Gasteiger partial charge in [-0.15, -0.1) is 0 Å². The monoisotopic (exact) mass is 173 g/mol. The first kappa shape index (κ1) is 8.52. The standard InChI is InChI=1S/C12H15N/c1-9(11-8-12(11)13)7-10-5-3-2-4-6-10/h2-7,11-12H,8,13H2,1H3/b9-7+/t11-,12?/m0/s1. The zero-order valence-electron chi connectivity index (χ0n) is 7.90. The summed E-state index contributed by atoms with van der Waals surface area (Å²) in [4.78, 5) is 0. The number of nitrogens with two attached hydrogens (primary N) is 1. The summed E-state index contributed by atoms with van der Waals surface area (Å²) in [6.07, 6.45) is 3.40. The summed E-state index contributed by atoms with van der Waals surface area (Å²) >= 11 is 0. The molecule has 1 aliphatic rings. The largest absolute Gasteiger partial charge is 0.327 e. The van der Waals surface area contributed by atoms with E-state index in [0.717, 1.165) is 6.42 Å². The van der Waals surface area contributed by atoms with Crippen molar-refractivity contribution in [3.63, 3.8) is 0 Å². The maximum absolute atomic E-state index is 5.78. The lowest BCUT2D eigenvalue weighted by Crippen LogP contribution is -2.02. The highest BCUT2D eigenvalue weighted by Gasteiger charge is 2.34. The van der Waals surface area contributed by atoms with Gasteiger partial charge >= 0.3 is 0 Å². The van der Waals surface area contributed by atoms with E-state index in [1.165, 1.54) is 11.1 Å².